The molecule has 2 N–H and O–H groups in total. The molecule has 4 aromatic rings. The fraction of sp³-hybridized carbons (Fsp3) is 0.318. The van der Waals surface area contributed by atoms with E-state index in [0.29, 0.717) is 17.1 Å². The molecule has 0 amide bonds. The van der Waals surface area contributed by atoms with E-state index in [2.05, 4.69) is 37.5 Å². The summed E-state index contributed by atoms with van der Waals surface area (Å²) in [7, 11) is 0. The molecule has 0 saturated heterocycles. The van der Waals surface area contributed by atoms with Crippen LogP contribution in [0.4, 0.5) is 0 Å². The van der Waals surface area contributed by atoms with Gasteiger partial charge in [-0.25, -0.2) is 9.50 Å². The molecular weight excluding hydrogens is 366 g/mol. The van der Waals surface area contributed by atoms with Gasteiger partial charge in [-0.05, 0) is 31.0 Å². The van der Waals surface area contributed by atoms with Crippen LogP contribution in [-0.4, -0.2) is 35.9 Å². The number of aromatic amines is 1. The number of hydrogen-bond donors (Lipinski definition) is 2. The molecule has 7 heteroatoms. The number of imidazole rings is 1. The number of aliphatic hydroxyl groups is 1. The molecule has 0 spiro atoms. The normalized spacial score (nSPS) is 14.9. The summed E-state index contributed by atoms with van der Waals surface area (Å²) in [6.45, 7) is -0.268. The number of fused-ring (bicyclic) bond motifs is 2. The van der Waals surface area contributed by atoms with Gasteiger partial charge in [0.15, 0.2) is 0 Å². The van der Waals surface area contributed by atoms with Crippen LogP contribution in [0, 0.1) is 11.8 Å². The van der Waals surface area contributed by atoms with Gasteiger partial charge in [-0.3, -0.25) is 4.79 Å². The van der Waals surface area contributed by atoms with Crippen LogP contribution in [0.5, 0.6) is 0 Å². The lowest BCUT2D eigenvalue weighted by Crippen LogP contribution is -2.12. The van der Waals surface area contributed by atoms with Crippen molar-refractivity contribution in [1.82, 2.24) is 24.1 Å². The standard InChI is InChI=1S/C22H21N5O2/c28-10-4-5-16-12-20(27-21(16)22(29)23-13-25-27)15-8-9-19-18(11-15)24-14-26(19)17-6-2-1-3-7-17/h8-9,11-14,17,28H,1-3,6-7,10H2,(H,23,25,29). The molecule has 1 saturated carbocycles. The maximum Gasteiger partial charge on any atom is 0.276 e. The van der Waals surface area contributed by atoms with Gasteiger partial charge in [-0.1, -0.05) is 37.2 Å². The SMILES string of the molecule is O=c1[nH]cnn2c(-c3ccc4c(c3)ncn4C3CCCCC3)cc(C#CCO)c12. The van der Waals surface area contributed by atoms with Crippen molar-refractivity contribution in [1.29, 1.82) is 0 Å². The van der Waals surface area contributed by atoms with E-state index in [4.69, 9.17) is 5.11 Å². The van der Waals surface area contributed by atoms with Crippen LogP contribution in [0.1, 0.15) is 43.7 Å². The number of benzene rings is 1. The second kappa shape index (κ2) is 7.22. The smallest absolute Gasteiger partial charge is 0.276 e. The van der Waals surface area contributed by atoms with Crippen LogP contribution >= 0.6 is 0 Å². The summed E-state index contributed by atoms with van der Waals surface area (Å²) in [5, 5.41) is 13.3. The molecule has 0 aliphatic heterocycles. The Bertz CT molecular complexity index is 1310. The van der Waals surface area contributed by atoms with E-state index in [-0.39, 0.29) is 12.2 Å². The Morgan fingerprint density at radius 3 is 2.90 bits per heavy atom. The number of aliphatic hydroxyl groups excluding tert-OH is 1. The first-order valence-corrected chi connectivity index (χ1v) is 9.92. The summed E-state index contributed by atoms with van der Waals surface area (Å²) >= 11 is 0. The van der Waals surface area contributed by atoms with Crippen LogP contribution in [0.15, 0.2) is 41.7 Å². The minimum absolute atomic E-state index is 0.267. The van der Waals surface area contributed by atoms with Gasteiger partial charge in [0.05, 0.1) is 28.6 Å². The molecule has 1 aliphatic rings. The van der Waals surface area contributed by atoms with Crippen LogP contribution in [0.25, 0.3) is 27.8 Å². The monoisotopic (exact) mass is 387 g/mol. The van der Waals surface area contributed by atoms with Crippen molar-refractivity contribution in [2.75, 3.05) is 6.61 Å². The molecule has 3 heterocycles. The highest BCUT2D eigenvalue weighted by molar-refractivity contribution is 5.83. The van der Waals surface area contributed by atoms with Crippen molar-refractivity contribution in [3.8, 4) is 23.1 Å². The molecule has 3 aromatic heterocycles. The molecule has 7 nitrogen and oxygen atoms in total. The number of hydrogen-bond acceptors (Lipinski definition) is 4. The molecule has 1 fully saturated rings. The summed E-state index contributed by atoms with van der Waals surface area (Å²) in [5.74, 6) is 5.47. The predicted molar refractivity (Wildman–Crippen MR) is 111 cm³/mol. The highest BCUT2D eigenvalue weighted by atomic mass is 16.2. The molecule has 29 heavy (non-hydrogen) atoms. The van der Waals surface area contributed by atoms with Crippen molar-refractivity contribution in [2.45, 2.75) is 38.1 Å². The minimum atomic E-state index is -0.268. The first kappa shape index (κ1) is 17.7. The first-order valence-electron chi connectivity index (χ1n) is 9.92. The molecule has 146 valence electrons. The summed E-state index contributed by atoms with van der Waals surface area (Å²) in [4.78, 5) is 19.6. The van der Waals surface area contributed by atoms with Crippen molar-refractivity contribution >= 4 is 16.6 Å². The molecule has 0 atom stereocenters. The predicted octanol–water partition coefficient (Wildman–Crippen LogP) is 2.89. The van der Waals surface area contributed by atoms with E-state index in [1.165, 1.54) is 38.4 Å². The van der Waals surface area contributed by atoms with E-state index in [1.54, 1.807) is 4.52 Å². The van der Waals surface area contributed by atoms with Crippen LogP contribution in [-0.2, 0) is 0 Å². The Morgan fingerprint density at radius 2 is 2.07 bits per heavy atom. The van der Waals surface area contributed by atoms with E-state index in [9.17, 15) is 4.79 Å². The lowest BCUT2D eigenvalue weighted by Gasteiger charge is -2.23. The van der Waals surface area contributed by atoms with Gasteiger partial charge in [-0.15, -0.1) is 0 Å². The summed E-state index contributed by atoms with van der Waals surface area (Å²) < 4.78 is 3.90. The Kier molecular flexibility index (Phi) is 4.41. The zero-order valence-electron chi connectivity index (χ0n) is 15.9. The van der Waals surface area contributed by atoms with Crippen LogP contribution in [0.2, 0.25) is 0 Å². The largest absolute Gasteiger partial charge is 0.384 e. The Hall–Kier alpha value is -3.37. The second-order valence-electron chi connectivity index (χ2n) is 7.43. The number of rotatable bonds is 2. The van der Waals surface area contributed by atoms with Gasteiger partial charge in [0.1, 0.15) is 18.5 Å². The van der Waals surface area contributed by atoms with Crippen molar-refractivity contribution in [3.05, 3.63) is 52.8 Å². The zero-order chi connectivity index (χ0) is 19.8. The number of aromatic nitrogens is 5. The topological polar surface area (TPSA) is 88.2 Å². The summed E-state index contributed by atoms with van der Waals surface area (Å²) in [6, 6.07) is 8.52. The molecule has 0 radical (unpaired) electrons. The average Bonchev–Trinajstić information content (AvgIpc) is 3.35. The third kappa shape index (κ3) is 3.02. The zero-order valence-corrected chi connectivity index (χ0v) is 15.9. The maximum absolute atomic E-state index is 12.3. The van der Waals surface area contributed by atoms with Gasteiger partial charge in [0, 0.05) is 11.6 Å². The quantitative estimate of drug-likeness (QED) is 0.518. The van der Waals surface area contributed by atoms with E-state index < -0.39 is 0 Å². The molecule has 0 bridgehead atoms. The highest BCUT2D eigenvalue weighted by Gasteiger charge is 2.19. The lowest BCUT2D eigenvalue weighted by atomic mass is 9.95. The molecule has 0 unspecified atom stereocenters. The Balaban J connectivity index is 1.63. The lowest BCUT2D eigenvalue weighted by molar-refractivity contribution is 0.350. The van der Waals surface area contributed by atoms with Gasteiger partial charge >= 0.3 is 0 Å². The fourth-order valence-corrected chi connectivity index (χ4v) is 4.33. The third-order valence-electron chi connectivity index (χ3n) is 5.70. The number of nitrogens with zero attached hydrogens (tertiary/aromatic N) is 4. The van der Waals surface area contributed by atoms with E-state index >= 15 is 0 Å². The third-order valence-corrected chi connectivity index (χ3v) is 5.70. The Morgan fingerprint density at radius 1 is 1.21 bits per heavy atom. The molecule has 5 rings (SSSR count). The van der Waals surface area contributed by atoms with Crippen LogP contribution < -0.4 is 5.56 Å². The van der Waals surface area contributed by atoms with Gasteiger partial charge in [0.2, 0.25) is 0 Å². The average molecular weight is 387 g/mol. The van der Waals surface area contributed by atoms with Crippen molar-refractivity contribution < 1.29 is 5.11 Å². The Labute approximate surface area is 167 Å². The van der Waals surface area contributed by atoms with Gasteiger partial charge in [0.25, 0.3) is 5.56 Å². The summed E-state index contributed by atoms with van der Waals surface area (Å²) in [6.07, 6.45) is 9.60. The number of nitrogens with one attached hydrogen (secondary N) is 1. The minimum Gasteiger partial charge on any atom is -0.384 e. The highest BCUT2D eigenvalue weighted by Crippen LogP contribution is 2.32. The van der Waals surface area contributed by atoms with Crippen molar-refractivity contribution in [2.24, 2.45) is 0 Å². The first-order chi connectivity index (χ1) is 14.3. The summed E-state index contributed by atoms with van der Waals surface area (Å²) in [5.41, 5.74) is 4.38. The second-order valence-corrected chi connectivity index (χ2v) is 7.43. The van der Waals surface area contributed by atoms with Crippen molar-refractivity contribution in [3.63, 3.8) is 0 Å². The van der Waals surface area contributed by atoms with E-state index in [1.807, 2.05) is 24.5 Å². The van der Waals surface area contributed by atoms with Gasteiger partial charge in [-0.2, -0.15) is 5.10 Å². The van der Waals surface area contributed by atoms with E-state index in [0.717, 1.165) is 22.3 Å². The number of H-pyrrole nitrogens is 1. The fourth-order valence-electron chi connectivity index (χ4n) is 4.33. The van der Waals surface area contributed by atoms with Crippen LogP contribution in [0.3, 0.4) is 0 Å². The molecular formula is C22H21N5O2. The van der Waals surface area contributed by atoms with Gasteiger partial charge < -0.3 is 14.7 Å². The molecule has 1 aliphatic carbocycles. The molecule has 1 aromatic carbocycles. The maximum atomic E-state index is 12.3.